The number of nitro groups is 1. The topological polar surface area (TPSA) is 116 Å². The molecule has 0 N–H and O–H groups in total. The van der Waals surface area contributed by atoms with Crippen LogP contribution in [0.25, 0.3) is 0 Å². The van der Waals surface area contributed by atoms with Crippen molar-refractivity contribution in [1.82, 2.24) is 4.31 Å². The minimum absolute atomic E-state index is 0.00856. The average Bonchev–Trinajstić information content (AvgIpc) is 2.73. The molecule has 0 bridgehead atoms. The van der Waals surface area contributed by atoms with E-state index in [0.29, 0.717) is 5.56 Å². The summed E-state index contributed by atoms with van der Waals surface area (Å²) in [5.74, 6) is -0.107. The quantitative estimate of drug-likeness (QED) is 0.352. The molecule has 1 aliphatic heterocycles. The molecule has 3 rings (SSSR count). The Morgan fingerprint density at radius 2 is 1.81 bits per heavy atom. The zero-order valence-electron chi connectivity index (χ0n) is 18.5. The third-order valence-electron chi connectivity index (χ3n) is 5.59. The molecular formula is C22H26N2O7S. The van der Waals surface area contributed by atoms with E-state index in [4.69, 9.17) is 9.47 Å². The van der Waals surface area contributed by atoms with E-state index >= 15 is 0 Å². The molecule has 1 heterocycles. The van der Waals surface area contributed by atoms with Crippen molar-refractivity contribution < 1.29 is 27.6 Å². The van der Waals surface area contributed by atoms with Gasteiger partial charge in [-0.1, -0.05) is 6.07 Å². The monoisotopic (exact) mass is 462 g/mol. The van der Waals surface area contributed by atoms with Crippen LogP contribution in [0, 0.1) is 30.9 Å². The van der Waals surface area contributed by atoms with E-state index in [1.165, 1.54) is 23.4 Å². The molecule has 0 aliphatic carbocycles. The number of ketones is 1. The van der Waals surface area contributed by atoms with Crippen LogP contribution >= 0.6 is 0 Å². The van der Waals surface area contributed by atoms with Gasteiger partial charge in [0.1, 0.15) is 6.61 Å². The molecule has 172 valence electrons. The summed E-state index contributed by atoms with van der Waals surface area (Å²) >= 11 is 0. The number of carbonyl (C=O) groups excluding carboxylic acids is 1. The van der Waals surface area contributed by atoms with E-state index in [1.807, 2.05) is 26.8 Å². The summed E-state index contributed by atoms with van der Waals surface area (Å²) in [6.45, 7) is 8.01. The maximum Gasteiger partial charge on any atom is 0.312 e. The van der Waals surface area contributed by atoms with Crippen molar-refractivity contribution in [2.24, 2.45) is 0 Å². The van der Waals surface area contributed by atoms with Crippen LogP contribution in [-0.2, 0) is 21.4 Å². The second-order valence-corrected chi connectivity index (χ2v) is 9.67. The van der Waals surface area contributed by atoms with Crippen molar-refractivity contribution in [1.29, 1.82) is 0 Å². The number of benzene rings is 2. The molecule has 9 nitrogen and oxygen atoms in total. The van der Waals surface area contributed by atoms with Gasteiger partial charge in [-0.15, -0.1) is 0 Å². The number of rotatable bonds is 7. The van der Waals surface area contributed by atoms with Crippen molar-refractivity contribution >= 4 is 21.5 Å². The van der Waals surface area contributed by atoms with Gasteiger partial charge in [0.05, 0.1) is 23.0 Å². The minimum Gasteiger partial charge on any atom is -0.482 e. The highest BCUT2D eigenvalue weighted by Crippen LogP contribution is 2.33. The molecule has 0 spiro atoms. The first kappa shape index (κ1) is 23.8. The van der Waals surface area contributed by atoms with Crippen LogP contribution in [-0.4, -0.2) is 49.7 Å². The van der Waals surface area contributed by atoms with Crippen molar-refractivity contribution in [3.8, 4) is 5.75 Å². The van der Waals surface area contributed by atoms with Crippen LogP contribution in [0.15, 0.2) is 29.2 Å². The van der Waals surface area contributed by atoms with E-state index in [-0.39, 0.29) is 49.3 Å². The number of sulfonamides is 1. The molecule has 0 radical (unpaired) electrons. The van der Waals surface area contributed by atoms with E-state index in [9.17, 15) is 23.3 Å². The lowest BCUT2D eigenvalue weighted by molar-refractivity contribution is -0.386. The molecule has 1 saturated heterocycles. The maximum atomic E-state index is 12.9. The predicted molar refractivity (Wildman–Crippen MR) is 118 cm³/mol. The standard InChI is InChI=1S/C22H26N2O7S/c1-14-11-15(2)22(17(4)25)16(3)19(14)13-31-21-6-5-18(12-20(21)24(26)27)32(28,29)23-7-9-30-10-8-23/h5-6,11-12H,7-10,13H2,1-4H3. The third-order valence-corrected chi connectivity index (χ3v) is 7.48. The molecule has 0 atom stereocenters. The number of hydrogen-bond acceptors (Lipinski definition) is 7. The number of hydrogen-bond donors (Lipinski definition) is 0. The fourth-order valence-corrected chi connectivity index (χ4v) is 5.43. The van der Waals surface area contributed by atoms with Gasteiger partial charge in [-0.05, 0) is 62.1 Å². The fourth-order valence-electron chi connectivity index (χ4n) is 4.00. The van der Waals surface area contributed by atoms with E-state index in [1.54, 1.807) is 0 Å². The Morgan fingerprint density at radius 1 is 1.16 bits per heavy atom. The second-order valence-electron chi connectivity index (χ2n) is 7.74. The lowest BCUT2D eigenvalue weighted by Crippen LogP contribution is -2.40. The molecule has 2 aromatic carbocycles. The number of Topliss-reactive ketones (excluding diaryl/α,β-unsaturated/α-hetero) is 1. The molecule has 0 saturated carbocycles. The summed E-state index contributed by atoms with van der Waals surface area (Å²) < 4.78 is 37.9. The van der Waals surface area contributed by atoms with Gasteiger partial charge < -0.3 is 9.47 Å². The largest absolute Gasteiger partial charge is 0.482 e. The molecule has 0 amide bonds. The van der Waals surface area contributed by atoms with Crippen molar-refractivity contribution in [3.05, 3.63) is 62.2 Å². The number of ether oxygens (including phenoxy) is 2. The Labute approximate surface area is 187 Å². The first-order valence-electron chi connectivity index (χ1n) is 10.1. The van der Waals surface area contributed by atoms with Gasteiger partial charge in [0.25, 0.3) is 0 Å². The number of carbonyl (C=O) groups is 1. The van der Waals surface area contributed by atoms with Crippen LogP contribution in [0.3, 0.4) is 0 Å². The molecule has 0 aromatic heterocycles. The first-order valence-corrected chi connectivity index (χ1v) is 11.6. The summed E-state index contributed by atoms with van der Waals surface area (Å²) in [5, 5.41) is 11.7. The molecular weight excluding hydrogens is 436 g/mol. The Bertz CT molecular complexity index is 1170. The highest BCUT2D eigenvalue weighted by atomic mass is 32.2. The van der Waals surface area contributed by atoms with Crippen molar-refractivity contribution in [2.75, 3.05) is 26.3 Å². The van der Waals surface area contributed by atoms with Crippen molar-refractivity contribution in [3.63, 3.8) is 0 Å². The number of morpholine rings is 1. The minimum atomic E-state index is -3.88. The number of nitro benzene ring substituents is 1. The lowest BCUT2D eigenvalue weighted by atomic mass is 9.92. The first-order chi connectivity index (χ1) is 15.0. The van der Waals surface area contributed by atoms with Gasteiger partial charge in [0.15, 0.2) is 11.5 Å². The van der Waals surface area contributed by atoms with Gasteiger partial charge in [-0.25, -0.2) is 8.42 Å². The predicted octanol–water partition coefficient (Wildman–Crippen LogP) is 3.32. The molecule has 10 heteroatoms. The number of aryl methyl sites for hydroxylation is 2. The third kappa shape index (κ3) is 4.67. The molecule has 32 heavy (non-hydrogen) atoms. The van der Waals surface area contributed by atoms with Gasteiger partial charge in [-0.3, -0.25) is 14.9 Å². The van der Waals surface area contributed by atoms with Gasteiger partial charge in [0.2, 0.25) is 10.0 Å². The molecule has 2 aromatic rings. The Hall–Kier alpha value is -2.82. The summed E-state index contributed by atoms with van der Waals surface area (Å²) in [6.07, 6.45) is 0. The van der Waals surface area contributed by atoms with Gasteiger partial charge >= 0.3 is 5.69 Å². The average molecular weight is 463 g/mol. The Kier molecular flexibility index (Phi) is 6.97. The smallest absolute Gasteiger partial charge is 0.312 e. The van der Waals surface area contributed by atoms with Crippen LogP contribution in [0.5, 0.6) is 5.75 Å². The molecule has 0 unspecified atom stereocenters. The zero-order valence-corrected chi connectivity index (χ0v) is 19.3. The Morgan fingerprint density at radius 3 is 2.41 bits per heavy atom. The highest BCUT2D eigenvalue weighted by molar-refractivity contribution is 7.89. The molecule has 1 fully saturated rings. The summed E-state index contributed by atoms with van der Waals surface area (Å²) in [4.78, 5) is 22.9. The van der Waals surface area contributed by atoms with Crippen molar-refractivity contribution in [2.45, 2.75) is 39.2 Å². The van der Waals surface area contributed by atoms with Crippen LogP contribution in [0.2, 0.25) is 0 Å². The normalized spacial score (nSPS) is 14.9. The second kappa shape index (κ2) is 9.35. The van der Waals surface area contributed by atoms with Crippen LogP contribution in [0.1, 0.15) is 39.5 Å². The highest BCUT2D eigenvalue weighted by Gasteiger charge is 2.29. The summed E-state index contributed by atoms with van der Waals surface area (Å²) in [7, 11) is -3.88. The van der Waals surface area contributed by atoms with Crippen LogP contribution in [0.4, 0.5) is 5.69 Å². The maximum absolute atomic E-state index is 12.9. The van der Waals surface area contributed by atoms with Gasteiger partial charge in [-0.2, -0.15) is 4.31 Å². The number of nitrogens with zero attached hydrogens (tertiary/aromatic N) is 2. The SMILES string of the molecule is CC(=O)c1c(C)cc(C)c(COc2ccc(S(=O)(=O)N3CCOCC3)cc2[N+](=O)[O-])c1C. The van der Waals surface area contributed by atoms with E-state index in [0.717, 1.165) is 28.3 Å². The summed E-state index contributed by atoms with van der Waals surface area (Å²) in [5.41, 5.74) is 3.47. The molecule has 1 aliphatic rings. The van der Waals surface area contributed by atoms with E-state index in [2.05, 4.69) is 0 Å². The lowest BCUT2D eigenvalue weighted by Gasteiger charge is -2.26. The Balaban J connectivity index is 1.93. The fraction of sp³-hybridized carbons (Fsp3) is 0.409. The van der Waals surface area contributed by atoms with Crippen LogP contribution < -0.4 is 4.74 Å². The van der Waals surface area contributed by atoms with Gasteiger partial charge in [0, 0.05) is 24.7 Å². The zero-order chi connectivity index (χ0) is 23.6. The van der Waals surface area contributed by atoms with E-state index < -0.39 is 20.6 Å². The summed E-state index contributed by atoms with van der Waals surface area (Å²) in [6, 6.07) is 5.52.